The zero-order valence-electron chi connectivity index (χ0n) is 6.94. The van der Waals surface area contributed by atoms with Gasteiger partial charge in [-0.05, 0) is 18.4 Å². The maximum Gasteiger partial charge on any atom is 0.338 e. The summed E-state index contributed by atoms with van der Waals surface area (Å²) in [6, 6.07) is 6.73. The Morgan fingerprint density at radius 2 is 2.31 bits per heavy atom. The summed E-state index contributed by atoms with van der Waals surface area (Å²) in [7, 11) is 0. The molecule has 0 unspecified atom stereocenters. The number of nitriles is 1. The van der Waals surface area contributed by atoms with Crippen LogP contribution < -0.4 is 0 Å². The lowest BCUT2D eigenvalue weighted by molar-refractivity contribution is 0.0693. The number of carbonyl (C=O) groups is 1. The summed E-state index contributed by atoms with van der Waals surface area (Å²) in [5, 5.41) is 17.5. The van der Waals surface area contributed by atoms with Crippen LogP contribution in [0.15, 0.2) is 23.1 Å². The Kier molecular flexibility index (Phi) is 2.93. The van der Waals surface area contributed by atoms with Crippen LogP contribution in [0.1, 0.15) is 15.9 Å². The van der Waals surface area contributed by atoms with Gasteiger partial charge in [0.1, 0.15) is 6.07 Å². The van der Waals surface area contributed by atoms with Crippen molar-refractivity contribution in [2.45, 2.75) is 4.90 Å². The van der Waals surface area contributed by atoms with Crippen LogP contribution in [0.2, 0.25) is 0 Å². The van der Waals surface area contributed by atoms with Gasteiger partial charge in [0.25, 0.3) is 0 Å². The van der Waals surface area contributed by atoms with E-state index in [1.807, 2.05) is 6.07 Å². The largest absolute Gasteiger partial charge is 0.478 e. The lowest BCUT2D eigenvalue weighted by Gasteiger charge is -2.03. The molecule has 13 heavy (non-hydrogen) atoms. The topological polar surface area (TPSA) is 61.1 Å². The highest BCUT2D eigenvalue weighted by atomic mass is 32.2. The van der Waals surface area contributed by atoms with Crippen LogP contribution >= 0.6 is 11.8 Å². The van der Waals surface area contributed by atoms with Crippen molar-refractivity contribution in [3.63, 3.8) is 0 Å². The van der Waals surface area contributed by atoms with Gasteiger partial charge in [0, 0.05) is 4.90 Å². The molecule has 0 aliphatic heterocycles. The third-order valence-electron chi connectivity index (χ3n) is 1.58. The number of thioether (sulfide) groups is 1. The van der Waals surface area contributed by atoms with Gasteiger partial charge in [0.2, 0.25) is 0 Å². The fourth-order valence-electron chi connectivity index (χ4n) is 1.01. The van der Waals surface area contributed by atoms with E-state index in [1.165, 1.54) is 17.8 Å². The van der Waals surface area contributed by atoms with Crippen molar-refractivity contribution in [2.75, 3.05) is 6.26 Å². The minimum absolute atomic E-state index is 0.0949. The van der Waals surface area contributed by atoms with E-state index in [4.69, 9.17) is 10.4 Å². The first-order chi connectivity index (χ1) is 6.20. The SMILES string of the molecule is CSc1cccc(C#N)c1C(=O)O. The van der Waals surface area contributed by atoms with Crippen molar-refractivity contribution in [1.82, 2.24) is 0 Å². The molecule has 1 rings (SSSR count). The fraction of sp³-hybridized carbons (Fsp3) is 0.111. The fourth-order valence-corrected chi connectivity index (χ4v) is 1.63. The number of carboxylic acid groups (broad SMARTS) is 1. The Morgan fingerprint density at radius 3 is 2.77 bits per heavy atom. The Morgan fingerprint density at radius 1 is 1.62 bits per heavy atom. The maximum absolute atomic E-state index is 10.8. The third kappa shape index (κ3) is 1.82. The van der Waals surface area contributed by atoms with Crippen LogP contribution in [0.4, 0.5) is 0 Å². The zero-order valence-corrected chi connectivity index (χ0v) is 7.76. The molecule has 66 valence electrons. The van der Waals surface area contributed by atoms with Gasteiger partial charge < -0.3 is 5.11 Å². The predicted octanol–water partition coefficient (Wildman–Crippen LogP) is 1.98. The first-order valence-corrected chi connectivity index (χ1v) is 4.73. The summed E-state index contributed by atoms with van der Waals surface area (Å²) in [5.74, 6) is -1.05. The van der Waals surface area contributed by atoms with E-state index in [1.54, 1.807) is 18.4 Å². The molecule has 0 saturated heterocycles. The van der Waals surface area contributed by atoms with E-state index in [2.05, 4.69) is 0 Å². The standard InChI is InChI=1S/C9H7NO2S/c1-13-7-4-2-3-6(5-10)8(7)9(11)12/h2-4H,1H3,(H,11,12). The minimum Gasteiger partial charge on any atom is -0.478 e. The summed E-state index contributed by atoms with van der Waals surface area (Å²) < 4.78 is 0. The zero-order chi connectivity index (χ0) is 9.84. The Hall–Kier alpha value is -1.47. The van der Waals surface area contributed by atoms with Gasteiger partial charge in [-0.15, -0.1) is 11.8 Å². The van der Waals surface area contributed by atoms with Crippen molar-refractivity contribution >= 4 is 17.7 Å². The number of aromatic carboxylic acids is 1. The first-order valence-electron chi connectivity index (χ1n) is 3.51. The highest BCUT2D eigenvalue weighted by molar-refractivity contribution is 7.98. The van der Waals surface area contributed by atoms with Gasteiger partial charge in [-0.1, -0.05) is 6.07 Å². The number of rotatable bonds is 2. The van der Waals surface area contributed by atoms with Gasteiger partial charge in [-0.2, -0.15) is 5.26 Å². The average Bonchev–Trinajstić information content (AvgIpc) is 2.16. The van der Waals surface area contributed by atoms with Crippen LogP contribution in [-0.2, 0) is 0 Å². The molecule has 1 aromatic carbocycles. The minimum atomic E-state index is -1.05. The Balaban J connectivity index is 3.41. The molecule has 1 N–H and O–H groups in total. The number of hydrogen-bond acceptors (Lipinski definition) is 3. The van der Waals surface area contributed by atoms with Gasteiger partial charge in [0.15, 0.2) is 0 Å². The second-order valence-corrected chi connectivity index (χ2v) is 3.15. The van der Waals surface area contributed by atoms with Gasteiger partial charge in [0.05, 0.1) is 11.1 Å². The molecule has 3 nitrogen and oxygen atoms in total. The molecule has 0 heterocycles. The van der Waals surface area contributed by atoms with Crippen LogP contribution in [0.3, 0.4) is 0 Å². The van der Waals surface area contributed by atoms with Crippen molar-refractivity contribution in [3.8, 4) is 6.07 Å². The number of hydrogen-bond donors (Lipinski definition) is 1. The van der Waals surface area contributed by atoms with E-state index in [0.717, 1.165) is 0 Å². The van der Waals surface area contributed by atoms with Crippen molar-refractivity contribution in [3.05, 3.63) is 29.3 Å². The van der Waals surface area contributed by atoms with Crippen molar-refractivity contribution < 1.29 is 9.90 Å². The summed E-state index contributed by atoms with van der Waals surface area (Å²) in [6.45, 7) is 0. The van der Waals surface area contributed by atoms with E-state index in [9.17, 15) is 4.79 Å². The predicted molar refractivity (Wildman–Crippen MR) is 49.9 cm³/mol. The third-order valence-corrected chi connectivity index (χ3v) is 2.36. The van der Waals surface area contributed by atoms with E-state index in [0.29, 0.717) is 4.90 Å². The number of benzene rings is 1. The highest BCUT2D eigenvalue weighted by Gasteiger charge is 2.13. The quantitative estimate of drug-likeness (QED) is 0.729. The molecule has 0 saturated carbocycles. The van der Waals surface area contributed by atoms with E-state index >= 15 is 0 Å². The molecule has 0 bridgehead atoms. The molecule has 0 spiro atoms. The molecule has 0 atom stereocenters. The van der Waals surface area contributed by atoms with E-state index in [-0.39, 0.29) is 11.1 Å². The number of nitrogens with zero attached hydrogens (tertiary/aromatic N) is 1. The summed E-state index contributed by atoms with van der Waals surface area (Å²) >= 11 is 1.32. The second kappa shape index (κ2) is 3.97. The van der Waals surface area contributed by atoms with Gasteiger partial charge in [-0.25, -0.2) is 4.79 Å². The van der Waals surface area contributed by atoms with E-state index < -0.39 is 5.97 Å². The van der Waals surface area contributed by atoms with Crippen molar-refractivity contribution in [1.29, 1.82) is 5.26 Å². The molecule has 4 heteroatoms. The Labute approximate surface area is 80.0 Å². The molecule has 0 aliphatic rings. The van der Waals surface area contributed by atoms with Crippen LogP contribution in [0.25, 0.3) is 0 Å². The monoisotopic (exact) mass is 193 g/mol. The normalized spacial score (nSPS) is 9.23. The Bertz CT molecular complexity index is 382. The average molecular weight is 193 g/mol. The lowest BCUT2D eigenvalue weighted by Crippen LogP contribution is -2.02. The summed E-state index contributed by atoms with van der Waals surface area (Å²) in [4.78, 5) is 11.4. The second-order valence-electron chi connectivity index (χ2n) is 2.30. The first kappa shape index (κ1) is 9.62. The van der Waals surface area contributed by atoms with Gasteiger partial charge >= 0.3 is 5.97 Å². The van der Waals surface area contributed by atoms with Gasteiger partial charge in [-0.3, -0.25) is 0 Å². The van der Waals surface area contributed by atoms with Crippen LogP contribution in [0.5, 0.6) is 0 Å². The summed E-state index contributed by atoms with van der Waals surface area (Å²) in [6.07, 6.45) is 1.78. The molecule has 1 aromatic rings. The molecule has 0 radical (unpaired) electrons. The molecular weight excluding hydrogens is 186 g/mol. The smallest absolute Gasteiger partial charge is 0.338 e. The van der Waals surface area contributed by atoms with Crippen LogP contribution in [-0.4, -0.2) is 17.3 Å². The maximum atomic E-state index is 10.8. The number of carboxylic acids is 1. The highest BCUT2D eigenvalue weighted by Crippen LogP contribution is 2.22. The molecule has 0 amide bonds. The molecule has 0 aliphatic carbocycles. The molecule has 0 fully saturated rings. The lowest BCUT2D eigenvalue weighted by atomic mass is 10.1. The summed E-state index contributed by atoms with van der Waals surface area (Å²) in [5.41, 5.74) is 0.303. The van der Waals surface area contributed by atoms with Crippen molar-refractivity contribution in [2.24, 2.45) is 0 Å². The molecule has 0 aromatic heterocycles. The molecular formula is C9H7NO2S. The van der Waals surface area contributed by atoms with Crippen LogP contribution in [0, 0.1) is 11.3 Å².